The molecule has 2 N–H and O–H groups in total. The number of thiazole rings is 1. The number of amides is 1. The molecular formula is C20H16N2O4S2. The number of carbonyl (C=O) groups is 2. The Labute approximate surface area is 169 Å². The molecule has 0 aliphatic carbocycles. The number of phenolic OH excluding ortho intramolecular Hbond substituents is 1. The summed E-state index contributed by atoms with van der Waals surface area (Å²) in [4.78, 5) is 33.2. The van der Waals surface area contributed by atoms with Crippen molar-refractivity contribution in [3.05, 3.63) is 74.1 Å². The van der Waals surface area contributed by atoms with Crippen molar-refractivity contribution in [2.24, 2.45) is 0 Å². The van der Waals surface area contributed by atoms with Crippen LogP contribution in [0.4, 0.5) is 5.13 Å². The van der Waals surface area contributed by atoms with E-state index in [1.807, 2.05) is 13.8 Å². The van der Waals surface area contributed by atoms with Gasteiger partial charge in [-0.3, -0.25) is 14.5 Å². The summed E-state index contributed by atoms with van der Waals surface area (Å²) in [5.41, 5.74) is 1.28. The highest BCUT2D eigenvalue weighted by molar-refractivity contribution is 7.16. The molecule has 1 aromatic carbocycles. The number of rotatable bonds is 4. The van der Waals surface area contributed by atoms with Gasteiger partial charge in [0, 0.05) is 4.88 Å². The van der Waals surface area contributed by atoms with Crippen LogP contribution in [0.15, 0.2) is 53.1 Å². The monoisotopic (exact) mass is 412 g/mol. The first-order valence-electron chi connectivity index (χ1n) is 8.46. The molecule has 1 aliphatic heterocycles. The Morgan fingerprint density at radius 1 is 1.18 bits per heavy atom. The molecule has 0 radical (unpaired) electrons. The molecule has 142 valence electrons. The first-order valence-corrected chi connectivity index (χ1v) is 10.2. The van der Waals surface area contributed by atoms with Gasteiger partial charge in [-0.1, -0.05) is 18.2 Å². The number of ketones is 1. The minimum Gasteiger partial charge on any atom is -0.508 e. The van der Waals surface area contributed by atoms with Gasteiger partial charge in [-0.05, 0) is 43.0 Å². The number of aliphatic hydroxyl groups is 1. The molecule has 1 atom stereocenters. The van der Waals surface area contributed by atoms with E-state index in [4.69, 9.17) is 0 Å². The highest BCUT2D eigenvalue weighted by Crippen LogP contribution is 2.44. The summed E-state index contributed by atoms with van der Waals surface area (Å²) in [6.45, 7) is 3.73. The maximum absolute atomic E-state index is 13.1. The number of Topliss-reactive ketones (excluding diaryl/α,β-unsaturated/α-hetero) is 1. The number of phenols is 1. The van der Waals surface area contributed by atoms with Crippen LogP contribution in [0.5, 0.6) is 5.75 Å². The molecule has 0 saturated heterocycles. The molecule has 3 heterocycles. The second-order valence-corrected chi connectivity index (χ2v) is 8.51. The van der Waals surface area contributed by atoms with Crippen molar-refractivity contribution in [3.63, 3.8) is 0 Å². The molecule has 0 spiro atoms. The van der Waals surface area contributed by atoms with E-state index in [-0.39, 0.29) is 11.3 Å². The van der Waals surface area contributed by atoms with Crippen molar-refractivity contribution in [2.45, 2.75) is 19.9 Å². The van der Waals surface area contributed by atoms with Crippen LogP contribution in [0.3, 0.4) is 0 Å². The molecular weight excluding hydrogens is 396 g/mol. The van der Waals surface area contributed by atoms with Crippen LogP contribution in [-0.2, 0) is 4.79 Å². The normalized spacial score (nSPS) is 16.9. The second-order valence-electron chi connectivity index (χ2n) is 6.38. The third kappa shape index (κ3) is 2.90. The number of aryl methyl sites for hydroxylation is 2. The number of aliphatic hydroxyl groups excluding tert-OH is 1. The van der Waals surface area contributed by atoms with Crippen LogP contribution < -0.4 is 4.90 Å². The van der Waals surface area contributed by atoms with Crippen LogP contribution >= 0.6 is 22.7 Å². The lowest BCUT2D eigenvalue weighted by Gasteiger charge is -2.24. The predicted octanol–water partition coefficient (Wildman–Crippen LogP) is 4.31. The van der Waals surface area contributed by atoms with Crippen LogP contribution in [-0.4, -0.2) is 26.9 Å². The lowest BCUT2D eigenvalue weighted by atomic mass is 9.95. The average Bonchev–Trinajstić information content (AvgIpc) is 3.36. The Balaban J connectivity index is 1.90. The Hall–Kier alpha value is -2.97. The minimum atomic E-state index is -0.876. The third-order valence-electron chi connectivity index (χ3n) is 4.61. The third-order valence-corrected chi connectivity index (χ3v) is 6.55. The maximum atomic E-state index is 13.1. The van der Waals surface area contributed by atoms with E-state index >= 15 is 0 Å². The second kappa shape index (κ2) is 6.88. The topological polar surface area (TPSA) is 90.7 Å². The van der Waals surface area contributed by atoms with E-state index in [9.17, 15) is 19.8 Å². The first-order chi connectivity index (χ1) is 13.4. The Morgan fingerprint density at radius 3 is 2.57 bits per heavy atom. The van der Waals surface area contributed by atoms with E-state index < -0.39 is 23.5 Å². The van der Waals surface area contributed by atoms with Crippen molar-refractivity contribution in [1.82, 2.24) is 4.98 Å². The summed E-state index contributed by atoms with van der Waals surface area (Å²) in [6.07, 6.45) is 0. The highest BCUT2D eigenvalue weighted by atomic mass is 32.1. The zero-order valence-electron chi connectivity index (χ0n) is 15.0. The summed E-state index contributed by atoms with van der Waals surface area (Å²) in [6, 6.07) is 8.84. The number of carbonyl (C=O) groups excluding carboxylic acids is 2. The SMILES string of the molecule is Cc1nc(N2C(=O)C(O)=C(C(=O)c3cccs3)[C@H]2c2cccc(O)c2)sc1C. The van der Waals surface area contributed by atoms with Gasteiger partial charge in [0.15, 0.2) is 10.9 Å². The molecule has 2 aromatic heterocycles. The van der Waals surface area contributed by atoms with Gasteiger partial charge >= 0.3 is 0 Å². The van der Waals surface area contributed by atoms with E-state index in [2.05, 4.69) is 4.98 Å². The summed E-state index contributed by atoms with van der Waals surface area (Å²) < 4.78 is 0. The van der Waals surface area contributed by atoms with Crippen LogP contribution in [0.2, 0.25) is 0 Å². The number of nitrogens with zero attached hydrogens (tertiary/aromatic N) is 2. The Morgan fingerprint density at radius 2 is 1.96 bits per heavy atom. The van der Waals surface area contributed by atoms with Gasteiger partial charge in [0.1, 0.15) is 5.75 Å². The van der Waals surface area contributed by atoms with Crippen molar-refractivity contribution in [2.75, 3.05) is 4.90 Å². The van der Waals surface area contributed by atoms with Gasteiger partial charge in [0.25, 0.3) is 5.91 Å². The van der Waals surface area contributed by atoms with Crippen molar-refractivity contribution in [1.29, 1.82) is 0 Å². The summed E-state index contributed by atoms with van der Waals surface area (Å²) in [5, 5.41) is 22.7. The average molecular weight is 412 g/mol. The number of anilines is 1. The highest BCUT2D eigenvalue weighted by Gasteiger charge is 2.46. The maximum Gasteiger partial charge on any atom is 0.296 e. The molecule has 6 nitrogen and oxygen atoms in total. The Bertz CT molecular complexity index is 1100. The summed E-state index contributed by atoms with van der Waals surface area (Å²) in [7, 11) is 0. The number of aromatic hydroxyl groups is 1. The summed E-state index contributed by atoms with van der Waals surface area (Å²) in [5.74, 6) is -1.67. The molecule has 0 fully saturated rings. The summed E-state index contributed by atoms with van der Waals surface area (Å²) >= 11 is 2.55. The zero-order chi connectivity index (χ0) is 20.0. The predicted molar refractivity (Wildman–Crippen MR) is 108 cm³/mol. The molecule has 0 unspecified atom stereocenters. The molecule has 0 saturated carbocycles. The quantitative estimate of drug-likeness (QED) is 0.623. The fourth-order valence-electron chi connectivity index (χ4n) is 3.14. The number of hydrogen-bond donors (Lipinski definition) is 2. The van der Waals surface area contributed by atoms with Crippen molar-refractivity contribution in [3.8, 4) is 5.75 Å². The molecule has 1 amide bonds. The van der Waals surface area contributed by atoms with Gasteiger partial charge in [-0.15, -0.1) is 22.7 Å². The Kier molecular flexibility index (Phi) is 4.52. The standard InChI is InChI=1S/C20H16N2O4S2/c1-10-11(2)28-20(21-10)22-16(12-5-3-6-13(23)9-12)15(18(25)19(22)26)17(24)14-7-4-8-27-14/h3-9,16,23,25H,1-2H3/t16-/m1/s1. The fraction of sp³-hybridized carbons (Fsp3) is 0.150. The zero-order valence-corrected chi connectivity index (χ0v) is 16.7. The fourth-order valence-corrected chi connectivity index (χ4v) is 4.76. The smallest absolute Gasteiger partial charge is 0.296 e. The number of aromatic nitrogens is 1. The van der Waals surface area contributed by atoms with Crippen LogP contribution in [0.1, 0.15) is 31.8 Å². The molecule has 0 bridgehead atoms. The van der Waals surface area contributed by atoms with E-state index in [1.54, 1.807) is 29.6 Å². The van der Waals surface area contributed by atoms with Crippen LogP contribution in [0, 0.1) is 13.8 Å². The van der Waals surface area contributed by atoms with E-state index in [1.165, 1.54) is 39.7 Å². The minimum absolute atomic E-state index is 0.00529. The number of benzene rings is 1. The van der Waals surface area contributed by atoms with Crippen LogP contribution in [0.25, 0.3) is 0 Å². The molecule has 8 heteroatoms. The molecule has 28 heavy (non-hydrogen) atoms. The molecule has 3 aromatic rings. The van der Waals surface area contributed by atoms with E-state index in [0.29, 0.717) is 15.6 Å². The van der Waals surface area contributed by atoms with Crippen molar-refractivity contribution < 1.29 is 19.8 Å². The van der Waals surface area contributed by atoms with Gasteiger partial charge in [-0.25, -0.2) is 4.98 Å². The number of thiophene rings is 1. The van der Waals surface area contributed by atoms with E-state index in [0.717, 1.165) is 10.6 Å². The van der Waals surface area contributed by atoms with Gasteiger partial charge in [0.05, 0.1) is 22.2 Å². The lowest BCUT2D eigenvalue weighted by molar-refractivity contribution is -0.117. The van der Waals surface area contributed by atoms with Gasteiger partial charge < -0.3 is 10.2 Å². The van der Waals surface area contributed by atoms with Gasteiger partial charge in [-0.2, -0.15) is 0 Å². The first kappa shape index (κ1) is 18.4. The molecule has 4 rings (SSSR count). The van der Waals surface area contributed by atoms with Crippen molar-refractivity contribution >= 4 is 39.5 Å². The van der Waals surface area contributed by atoms with Gasteiger partial charge in [0.2, 0.25) is 5.78 Å². The largest absolute Gasteiger partial charge is 0.508 e. The lowest BCUT2D eigenvalue weighted by Crippen LogP contribution is -2.30. The number of hydrogen-bond acceptors (Lipinski definition) is 7. The molecule has 1 aliphatic rings.